The molecule has 0 spiro atoms. The van der Waals surface area contributed by atoms with Crippen LogP contribution in [0.5, 0.6) is 0 Å². The minimum atomic E-state index is -0.110. The molecule has 1 unspecified atom stereocenters. The molecule has 0 amide bonds. The molecule has 1 atom stereocenters. The van der Waals surface area contributed by atoms with Crippen molar-refractivity contribution in [3.05, 3.63) is 36.8 Å². The summed E-state index contributed by atoms with van der Waals surface area (Å²) in [6.07, 6.45) is 4.02. The topological polar surface area (TPSA) is 61.1 Å². The van der Waals surface area contributed by atoms with E-state index < -0.39 is 0 Å². The highest BCUT2D eigenvalue weighted by molar-refractivity contribution is 5.03. The third kappa shape index (κ3) is 7.12. The standard InChI is InChI=1S/C14H22O5/c1-2-4-13(14-5-3-7-18-14)19-12-11-17-10-9-16-8-6-15/h2-3,5,7,13,15H,1,4,6,8-12H2. The van der Waals surface area contributed by atoms with Gasteiger partial charge in [0.1, 0.15) is 11.9 Å². The van der Waals surface area contributed by atoms with Crippen LogP contribution < -0.4 is 0 Å². The molecule has 0 saturated carbocycles. The number of aliphatic hydroxyl groups is 1. The van der Waals surface area contributed by atoms with Gasteiger partial charge in [-0.3, -0.25) is 0 Å². The summed E-state index contributed by atoms with van der Waals surface area (Å²) in [7, 11) is 0. The highest BCUT2D eigenvalue weighted by Gasteiger charge is 2.12. The SMILES string of the molecule is C=CCC(OCCOCCOCCO)c1ccco1. The second-order valence-corrected chi connectivity index (χ2v) is 3.85. The van der Waals surface area contributed by atoms with Crippen molar-refractivity contribution < 1.29 is 23.7 Å². The third-order valence-electron chi connectivity index (χ3n) is 2.40. The molecule has 1 aromatic rings. The van der Waals surface area contributed by atoms with Crippen LogP contribution in [-0.2, 0) is 14.2 Å². The molecular weight excluding hydrogens is 248 g/mol. The van der Waals surface area contributed by atoms with Gasteiger partial charge in [0.25, 0.3) is 0 Å². The van der Waals surface area contributed by atoms with Crippen LogP contribution in [0.3, 0.4) is 0 Å². The molecule has 0 radical (unpaired) electrons. The number of aliphatic hydroxyl groups excluding tert-OH is 1. The van der Waals surface area contributed by atoms with Crippen molar-refractivity contribution in [1.29, 1.82) is 0 Å². The number of hydrogen-bond donors (Lipinski definition) is 1. The van der Waals surface area contributed by atoms with Crippen LogP contribution in [-0.4, -0.2) is 44.7 Å². The van der Waals surface area contributed by atoms with Gasteiger partial charge in [-0.15, -0.1) is 6.58 Å². The smallest absolute Gasteiger partial charge is 0.132 e. The highest BCUT2D eigenvalue weighted by Crippen LogP contribution is 2.21. The lowest BCUT2D eigenvalue weighted by atomic mass is 10.2. The molecule has 1 rings (SSSR count). The Balaban J connectivity index is 2.07. The molecule has 5 heteroatoms. The van der Waals surface area contributed by atoms with Crippen molar-refractivity contribution in [2.45, 2.75) is 12.5 Å². The van der Waals surface area contributed by atoms with Crippen LogP contribution >= 0.6 is 0 Å². The Morgan fingerprint density at radius 2 is 1.95 bits per heavy atom. The number of rotatable bonds is 12. The minimum Gasteiger partial charge on any atom is -0.467 e. The van der Waals surface area contributed by atoms with Crippen LogP contribution in [0.4, 0.5) is 0 Å². The molecule has 0 fully saturated rings. The fraction of sp³-hybridized carbons (Fsp3) is 0.571. The van der Waals surface area contributed by atoms with E-state index in [0.717, 1.165) is 5.76 Å². The zero-order valence-corrected chi connectivity index (χ0v) is 11.1. The zero-order valence-electron chi connectivity index (χ0n) is 11.1. The summed E-state index contributed by atoms with van der Waals surface area (Å²) in [5.74, 6) is 0.797. The Kier molecular flexibility index (Phi) is 9.01. The molecule has 19 heavy (non-hydrogen) atoms. The summed E-state index contributed by atoms with van der Waals surface area (Å²) in [5.41, 5.74) is 0. The van der Waals surface area contributed by atoms with Gasteiger partial charge < -0.3 is 23.7 Å². The van der Waals surface area contributed by atoms with E-state index in [-0.39, 0.29) is 12.7 Å². The molecule has 0 aliphatic rings. The maximum Gasteiger partial charge on any atom is 0.132 e. The van der Waals surface area contributed by atoms with Crippen molar-refractivity contribution in [1.82, 2.24) is 0 Å². The molecule has 1 N–H and O–H groups in total. The maximum atomic E-state index is 8.51. The molecule has 1 heterocycles. The predicted octanol–water partition coefficient (Wildman–Crippen LogP) is 1.94. The molecule has 0 aliphatic carbocycles. The molecule has 0 aromatic carbocycles. The number of ether oxygens (including phenoxy) is 3. The van der Waals surface area contributed by atoms with E-state index in [0.29, 0.717) is 39.5 Å². The summed E-state index contributed by atoms with van der Waals surface area (Å²) >= 11 is 0. The first-order valence-electron chi connectivity index (χ1n) is 6.40. The summed E-state index contributed by atoms with van der Waals surface area (Å²) < 4.78 is 21.4. The van der Waals surface area contributed by atoms with Gasteiger partial charge >= 0.3 is 0 Å². The lowest BCUT2D eigenvalue weighted by Crippen LogP contribution is -2.12. The summed E-state index contributed by atoms with van der Waals surface area (Å²) in [6, 6.07) is 3.72. The normalized spacial score (nSPS) is 12.5. The van der Waals surface area contributed by atoms with Crippen molar-refractivity contribution in [3.8, 4) is 0 Å². The molecular formula is C14H22O5. The molecule has 5 nitrogen and oxygen atoms in total. The van der Waals surface area contributed by atoms with Crippen LogP contribution in [0.25, 0.3) is 0 Å². The van der Waals surface area contributed by atoms with Gasteiger partial charge in [-0.1, -0.05) is 6.08 Å². The van der Waals surface area contributed by atoms with Crippen molar-refractivity contribution >= 4 is 0 Å². The van der Waals surface area contributed by atoms with E-state index in [9.17, 15) is 0 Å². The van der Waals surface area contributed by atoms with Crippen LogP contribution in [0.1, 0.15) is 18.3 Å². The third-order valence-corrected chi connectivity index (χ3v) is 2.40. The van der Waals surface area contributed by atoms with Gasteiger partial charge in [0, 0.05) is 0 Å². The molecule has 0 saturated heterocycles. The van der Waals surface area contributed by atoms with Crippen LogP contribution in [0.2, 0.25) is 0 Å². The summed E-state index contributed by atoms with van der Waals surface area (Å²) in [6.45, 7) is 6.05. The van der Waals surface area contributed by atoms with Crippen LogP contribution in [0, 0.1) is 0 Å². The van der Waals surface area contributed by atoms with E-state index in [2.05, 4.69) is 6.58 Å². The van der Waals surface area contributed by atoms with Gasteiger partial charge in [-0.25, -0.2) is 0 Å². The molecule has 0 bridgehead atoms. The fourth-order valence-corrected chi connectivity index (χ4v) is 1.53. The zero-order chi connectivity index (χ0) is 13.8. The Labute approximate surface area is 113 Å². The average molecular weight is 270 g/mol. The Morgan fingerprint density at radius 3 is 2.58 bits per heavy atom. The van der Waals surface area contributed by atoms with Gasteiger partial charge in [-0.2, -0.15) is 0 Å². The Hall–Kier alpha value is -1.14. The van der Waals surface area contributed by atoms with E-state index >= 15 is 0 Å². The fourth-order valence-electron chi connectivity index (χ4n) is 1.53. The lowest BCUT2D eigenvalue weighted by Gasteiger charge is -2.14. The minimum absolute atomic E-state index is 0.0372. The summed E-state index contributed by atoms with van der Waals surface area (Å²) in [5, 5.41) is 8.51. The van der Waals surface area contributed by atoms with Crippen LogP contribution in [0.15, 0.2) is 35.5 Å². The molecule has 108 valence electrons. The van der Waals surface area contributed by atoms with Crippen molar-refractivity contribution in [2.24, 2.45) is 0 Å². The maximum absolute atomic E-state index is 8.51. The van der Waals surface area contributed by atoms with E-state index in [1.807, 2.05) is 12.1 Å². The second kappa shape index (κ2) is 10.8. The highest BCUT2D eigenvalue weighted by atomic mass is 16.5. The number of furan rings is 1. The largest absolute Gasteiger partial charge is 0.467 e. The first kappa shape index (κ1) is 15.9. The molecule has 0 aliphatic heterocycles. The van der Waals surface area contributed by atoms with E-state index in [1.54, 1.807) is 12.3 Å². The monoisotopic (exact) mass is 270 g/mol. The van der Waals surface area contributed by atoms with Gasteiger partial charge in [0.2, 0.25) is 0 Å². The van der Waals surface area contributed by atoms with Gasteiger partial charge in [0.15, 0.2) is 0 Å². The summed E-state index contributed by atoms with van der Waals surface area (Å²) in [4.78, 5) is 0. The Bertz CT molecular complexity index is 310. The average Bonchev–Trinajstić information content (AvgIpc) is 2.94. The first-order chi connectivity index (χ1) is 9.38. The first-order valence-corrected chi connectivity index (χ1v) is 6.40. The van der Waals surface area contributed by atoms with Crippen molar-refractivity contribution in [2.75, 3.05) is 39.6 Å². The second-order valence-electron chi connectivity index (χ2n) is 3.85. The lowest BCUT2D eigenvalue weighted by molar-refractivity contribution is -0.0199. The van der Waals surface area contributed by atoms with E-state index in [4.69, 9.17) is 23.7 Å². The predicted molar refractivity (Wildman–Crippen MR) is 70.9 cm³/mol. The molecule has 1 aromatic heterocycles. The van der Waals surface area contributed by atoms with Crippen molar-refractivity contribution in [3.63, 3.8) is 0 Å². The Morgan fingerprint density at radius 1 is 1.21 bits per heavy atom. The number of hydrogen-bond acceptors (Lipinski definition) is 5. The van der Waals surface area contributed by atoms with Gasteiger partial charge in [0.05, 0.1) is 45.9 Å². The van der Waals surface area contributed by atoms with E-state index in [1.165, 1.54) is 0 Å². The van der Waals surface area contributed by atoms with Gasteiger partial charge in [-0.05, 0) is 18.6 Å². The quantitative estimate of drug-likeness (QED) is 0.464.